The smallest absolute Gasteiger partial charge is 0.164 e. The van der Waals surface area contributed by atoms with E-state index in [1.807, 2.05) is 72.8 Å². The highest BCUT2D eigenvalue weighted by Gasteiger charge is 2.19. The predicted molar refractivity (Wildman–Crippen MR) is 244 cm³/mol. The molecule has 4 heteroatoms. The van der Waals surface area contributed by atoms with Crippen molar-refractivity contribution in [2.24, 2.45) is 0 Å². The van der Waals surface area contributed by atoms with Crippen LogP contribution in [-0.4, -0.2) is 15.0 Å². The van der Waals surface area contributed by atoms with E-state index in [2.05, 4.69) is 127 Å². The van der Waals surface area contributed by atoms with Crippen molar-refractivity contribution in [3.63, 3.8) is 0 Å². The molecule has 12 aromatic rings. The zero-order valence-electron chi connectivity index (χ0n) is 31.8. The molecule has 0 spiro atoms. The van der Waals surface area contributed by atoms with E-state index >= 15 is 0 Å². The lowest BCUT2D eigenvalue weighted by atomic mass is 9.86. The molecule has 0 aliphatic heterocycles. The number of benzene rings is 10. The minimum atomic E-state index is 0.642. The summed E-state index contributed by atoms with van der Waals surface area (Å²) in [7, 11) is 0. The van der Waals surface area contributed by atoms with Crippen molar-refractivity contribution in [3.05, 3.63) is 200 Å². The standard InChI is InChI=1S/C55H33N3O/c1-3-15-34(16-4-1)53-56-54(35-17-5-2-6-18-35)58-55(57-53)46-30-29-43(37-19-7-8-20-38(37)46)48-33-50-40-22-10-9-21-39(40)47(32-49(50)42-24-12-11-23-41(42)48)36-27-28-45-44-25-13-14-26-51(44)59-52(45)31-36/h1-33H. The summed E-state index contributed by atoms with van der Waals surface area (Å²) >= 11 is 0. The number of aromatic nitrogens is 3. The molecule has 0 radical (unpaired) electrons. The highest BCUT2D eigenvalue weighted by Crippen LogP contribution is 2.45. The molecular formula is C55H33N3O. The second-order valence-corrected chi connectivity index (χ2v) is 15.1. The van der Waals surface area contributed by atoms with E-state index in [1.54, 1.807) is 0 Å². The predicted octanol–water partition coefficient (Wildman–Crippen LogP) is 14.7. The van der Waals surface area contributed by atoms with Crippen LogP contribution in [0.3, 0.4) is 0 Å². The van der Waals surface area contributed by atoms with Crippen LogP contribution in [0.15, 0.2) is 205 Å². The van der Waals surface area contributed by atoms with Crippen molar-refractivity contribution >= 4 is 65.0 Å². The van der Waals surface area contributed by atoms with Crippen LogP contribution in [0, 0.1) is 0 Å². The molecule has 0 bridgehead atoms. The summed E-state index contributed by atoms with van der Waals surface area (Å²) in [6, 6.07) is 70.6. The van der Waals surface area contributed by atoms with Crippen molar-refractivity contribution in [1.29, 1.82) is 0 Å². The summed E-state index contributed by atoms with van der Waals surface area (Å²) in [5.74, 6) is 1.93. The first-order chi connectivity index (χ1) is 29.2. The van der Waals surface area contributed by atoms with Crippen LogP contribution >= 0.6 is 0 Å². The fourth-order valence-corrected chi connectivity index (χ4v) is 8.96. The molecule has 274 valence electrons. The van der Waals surface area contributed by atoms with Crippen molar-refractivity contribution in [3.8, 4) is 56.4 Å². The molecular weight excluding hydrogens is 719 g/mol. The molecule has 0 amide bonds. The van der Waals surface area contributed by atoms with Crippen molar-refractivity contribution in [1.82, 2.24) is 15.0 Å². The van der Waals surface area contributed by atoms with Gasteiger partial charge >= 0.3 is 0 Å². The molecule has 2 heterocycles. The van der Waals surface area contributed by atoms with Crippen LogP contribution in [0.25, 0.3) is 121 Å². The topological polar surface area (TPSA) is 51.8 Å². The first kappa shape index (κ1) is 33.2. The maximum Gasteiger partial charge on any atom is 0.164 e. The zero-order chi connectivity index (χ0) is 38.9. The summed E-state index contributed by atoms with van der Waals surface area (Å²) in [5, 5.41) is 11.7. The van der Waals surface area contributed by atoms with Crippen LogP contribution in [0.1, 0.15) is 0 Å². The van der Waals surface area contributed by atoms with Crippen LogP contribution in [-0.2, 0) is 0 Å². The van der Waals surface area contributed by atoms with Gasteiger partial charge in [0, 0.05) is 27.5 Å². The molecule has 12 rings (SSSR count). The molecule has 0 aliphatic rings. The summed E-state index contributed by atoms with van der Waals surface area (Å²) in [4.78, 5) is 15.2. The molecule has 0 saturated heterocycles. The fraction of sp³-hybridized carbons (Fsp3) is 0. The van der Waals surface area contributed by atoms with E-state index in [4.69, 9.17) is 19.4 Å². The van der Waals surface area contributed by atoms with Crippen LogP contribution in [0.4, 0.5) is 0 Å². The normalized spacial score (nSPS) is 11.7. The number of rotatable bonds is 5. The number of fused-ring (bicyclic) bond motifs is 9. The summed E-state index contributed by atoms with van der Waals surface area (Å²) < 4.78 is 6.36. The molecule has 2 aromatic heterocycles. The van der Waals surface area contributed by atoms with Gasteiger partial charge in [-0.15, -0.1) is 0 Å². The van der Waals surface area contributed by atoms with E-state index in [1.165, 1.54) is 43.4 Å². The van der Waals surface area contributed by atoms with E-state index in [9.17, 15) is 0 Å². The molecule has 4 nitrogen and oxygen atoms in total. The molecule has 0 N–H and O–H groups in total. The summed E-state index contributed by atoms with van der Waals surface area (Å²) in [5.41, 5.74) is 9.32. The lowest BCUT2D eigenvalue weighted by molar-refractivity contribution is 0.669. The van der Waals surface area contributed by atoms with Crippen molar-refractivity contribution in [2.75, 3.05) is 0 Å². The first-order valence-corrected chi connectivity index (χ1v) is 19.9. The van der Waals surface area contributed by atoms with Gasteiger partial charge in [-0.25, -0.2) is 15.0 Å². The molecule has 59 heavy (non-hydrogen) atoms. The Morgan fingerprint density at radius 2 is 0.678 bits per heavy atom. The number of furan rings is 1. The number of para-hydroxylation sites is 1. The maximum atomic E-state index is 6.36. The highest BCUT2D eigenvalue weighted by molar-refractivity contribution is 6.25. The third kappa shape index (κ3) is 5.42. The van der Waals surface area contributed by atoms with Gasteiger partial charge < -0.3 is 4.42 Å². The Balaban J connectivity index is 1.07. The monoisotopic (exact) mass is 751 g/mol. The average molecular weight is 752 g/mol. The lowest BCUT2D eigenvalue weighted by Crippen LogP contribution is -2.00. The van der Waals surface area contributed by atoms with Gasteiger partial charge in [-0.1, -0.05) is 164 Å². The summed E-state index contributed by atoms with van der Waals surface area (Å²) in [6.45, 7) is 0. The Labute approximate surface area is 339 Å². The Bertz CT molecular complexity index is 3550. The highest BCUT2D eigenvalue weighted by atomic mass is 16.3. The Morgan fingerprint density at radius 3 is 1.31 bits per heavy atom. The largest absolute Gasteiger partial charge is 0.456 e. The van der Waals surface area contributed by atoms with Gasteiger partial charge in [0.1, 0.15) is 11.2 Å². The van der Waals surface area contributed by atoms with Crippen LogP contribution in [0.5, 0.6) is 0 Å². The van der Waals surface area contributed by atoms with Gasteiger partial charge in [0.05, 0.1) is 0 Å². The Hall–Kier alpha value is -7.95. The van der Waals surface area contributed by atoms with E-state index < -0.39 is 0 Å². The van der Waals surface area contributed by atoms with Crippen molar-refractivity contribution < 1.29 is 4.42 Å². The number of nitrogens with zero attached hydrogens (tertiary/aromatic N) is 3. The van der Waals surface area contributed by atoms with E-state index in [-0.39, 0.29) is 0 Å². The summed E-state index contributed by atoms with van der Waals surface area (Å²) in [6.07, 6.45) is 0. The molecule has 10 aromatic carbocycles. The molecule has 0 aliphatic carbocycles. The minimum absolute atomic E-state index is 0.642. The fourth-order valence-electron chi connectivity index (χ4n) is 8.96. The molecule has 0 fully saturated rings. The van der Waals surface area contributed by atoms with Crippen molar-refractivity contribution in [2.45, 2.75) is 0 Å². The van der Waals surface area contributed by atoms with E-state index in [0.29, 0.717) is 17.5 Å². The van der Waals surface area contributed by atoms with Gasteiger partial charge in [-0.05, 0) is 102 Å². The minimum Gasteiger partial charge on any atom is -0.456 e. The quantitative estimate of drug-likeness (QED) is 0.164. The SMILES string of the molecule is c1ccc(-c2nc(-c3ccccc3)nc(-c3ccc(-c4cc5c6ccccc6c(-c6ccc7c(c6)oc6ccccc67)cc5c5ccccc45)c4ccccc34)n2)cc1. The lowest BCUT2D eigenvalue weighted by Gasteiger charge is -2.18. The molecule has 0 unspecified atom stereocenters. The van der Waals surface area contributed by atoms with Crippen LogP contribution < -0.4 is 0 Å². The van der Waals surface area contributed by atoms with Gasteiger partial charge in [-0.3, -0.25) is 0 Å². The third-order valence-corrected chi connectivity index (χ3v) is 11.7. The third-order valence-electron chi connectivity index (χ3n) is 11.7. The maximum absolute atomic E-state index is 6.36. The van der Waals surface area contributed by atoms with E-state index in [0.717, 1.165) is 60.5 Å². The zero-order valence-corrected chi connectivity index (χ0v) is 31.8. The molecule has 0 saturated carbocycles. The Morgan fingerprint density at radius 1 is 0.237 bits per heavy atom. The second-order valence-electron chi connectivity index (χ2n) is 15.1. The molecule has 0 atom stereocenters. The number of hydrogen-bond donors (Lipinski definition) is 0. The van der Waals surface area contributed by atoms with Gasteiger partial charge in [-0.2, -0.15) is 0 Å². The van der Waals surface area contributed by atoms with Gasteiger partial charge in [0.25, 0.3) is 0 Å². The second kappa shape index (κ2) is 13.3. The van der Waals surface area contributed by atoms with Gasteiger partial charge in [0.2, 0.25) is 0 Å². The number of hydrogen-bond acceptors (Lipinski definition) is 4. The van der Waals surface area contributed by atoms with Gasteiger partial charge in [0.15, 0.2) is 17.5 Å². The average Bonchev–Trinajstić information content (AvgIpc) is 3.69. The first-order valence-electron chi connectivity index (χ1n) is 19.9. The van der Waals surface area contributed by atoms with Crippen LogP contribution in [0.2, 0.25) is 0 Å². The Kier molecular flexibility index (Phi) is 7.50.